The standard InChI is InChI=1S/C24H15ClN2OS/c25-20-11-9-18(10-12-20)23-16-29-24(27-23)19(15-26)13-17-5-4-8-22(14-17)28-21-6-2-1-3-7-21/h1-14,16H. The zero-order valence-electron chi connectivity index (χ0n) is 15.2. The number of thiazole rings is 1. The second-order valence-corrected chi connectivity index (χ2v) is 7.50. The van der Waals surface area contributed by atoms with E-state index in [9.17, 15) is 5.26 Å². The number of allylic oxidation sites excluding steroid dienone is 1. The minimum absolute atomic E-state index is 0.507. The van der Waals surface area contributed by atoms with E-state index in [4.69, 9.17) is 16.3 Å². The molecule has 0 radical (unpaired) electrons. The smallest absolute Gasteiger partial charge is 0.134 e. The Morgan fingerprint density at radius 3 is 2.48 bits per heavy atom. The molecule has 4 aromatic rings. The van der Waals surface area contributed by atoms with Crippen molar-refractivity contribution in [3.63, 3.8) is 0 Å². The van der Waals surface area contributed by atoms with Crippen molar-refractivity contribution in [1.29, 1.82) is 5.26 Å². The maximum Gasteiger partial charge on any atom is 0.134 e. The zero-order chi connectivity index (χ0) is 20.1. The molecule has 3 aromatic carbocycles. The molecule has 5 heteroatoms. The van der Waals surface area contributed by atoms with E-state index in [1.807, 2.05) is 90.3 Å². The van der Waals surface area contributed by atoms with E-state index in [1.165, 1.54) is 11.3 Å². The summed E-state index contributed by atoms with van der Waals surface area (Å²) in [4.78, 5) is 4.62. The predicted octanol–water partition coefficient (Wildman–Crippen LogP) is 7.32. The van der Waals surface area contributed by atoms with E-state index in [2.05, 4.69) is 11.1 Å². The normalized spacial score (nSPS) is 11.1. The first kappa shape index (κ1) is 18.9. The van der Waals surface area contributed by atoms with Crippen LogP contribution in [0.5, 0.6) is 11.5 Å². The van der Waals surface area contributed by atoms with Crippen LogP contribution in [0.1, 0.15) is 10.6 Å². The van der Waals surface area contributed by atoms with Gasteiger partial charge in [-0.3, -0.25) is 0 Å². The van der Waals surface area contributed by atoms with Crippen LogP contribution in [-0.2, 0) is 0 Å². The van der Waals surface area contributed by atoms with Gasteiger partial charge in [0.25, 0.3) is 0 Å². The Morgan fingerprint density at radius 2 is 1.72 bits per heavy atom. The van der Waals surface area contributed by atoms with Crippen molar-refractivity contribution in [3.05, 3.63) is 99.8 Å². The molecule has 0 fully saturated rings. The lowest BCUT2D eigenvalue weighted by Gasteiger charge is -2.06. The molecule has 0 unspecified atom stereocenters. The maximum atomic E-state index is 9.66. The topological polar surface area (TPSA) is 45.9 Å². The Hall–Kier alpha value is -3.39. The van der Waals surface area contributed by atoms with Gasteiger partial charge in [-0.2, -0.15) is 5.26 Å². The van der Waals surface area contributed by atoms with E-state index in [0.717, 1.165) is 22.6 Å². The van der Waals surface area contributed by atoms with Crippen LogP contribution in [0.15, 0.2) is 84.2 Å². The number of benzene rings is 3. The Kier molecular flexibility index (Phi) is 5.71. The van der Waals surface area contributed by atoms with Gasteiger partial charge in [-0.15, -0.1) is 11.3 Å². The first-order chi connectivity index (χ1) is 14.2. The molecule has 0 bridgehead atoms. The lowest BCUT2D eigenvalue weighted by Crippen LogP contribution is -1.86. The van der Waals surface area contributed by atoms with E-state index in [-0.39, 0.29) is 0 Å². The average Bonchev–Trinajstić information content (AvgIpc) is 3.23. The highest BCUT2D eigenvalue weighted by atomic mass is 35.5. The van der Waals surface area contributed by atoms with Gasteiger partial charge in [0.1, 0.15) is 22.6 Å². The molecule has 1 aromatic heterocycles. The number of nitriles is 1. The van der Waals surface area contributed by atoms with Crippen molar-refractivity contribution >= 4 is 34.6 Å². The number of ether oxygens (including phenoxy) is 1. The van der Waals surface area contributed by atoms with Gasteiger partial charge in [0.05, 0.1) is 11.3 Å². The number of para-hydroxylation sites is 1. The van der Waals surface area contributed by atoms with Gasteiger partial charge in [0.15, 0.2) is 0 Å². The Labute approximate surface area is 178 Å². The highest BCUT2D eigenvalue weighted by molar-refractivity contribution is 7.11. The van der Waals surface area contributed by atoms with Gasteiger partial charge >= 0.3 is 0 Å². The monoisotopic (exact) mass is 414 g/mol. The van der Waals surface area contributed by atoms with Gasteiger partial charge in [0, 0.05) is 16.0 Å². The molecule has 3 nitrogen and oxygen atoms in total. The lowest BCUT2D eigenvalue weighted by atomic mass is 10.1. The molecule has 1 heterocycles. The summed E-state index contributed by atoms with van der Waals surface area (Å²) in [6, 6.07) is 27.0. The molecular weight excluding hydrogens is 400 g/mol. The summed E-state index contributed by atoms with van der Waals surface area (Å²) in [6.45, 7) is 0. The van der Waals surface area contributed by atoms with E-state index in [0.29, 0.717) is 21.4 Å². The molecule has 0 aliphatic carbocycles. The van der Waals surface area contributed by atoms with Crippen molar-refractivity contribution in [2.45, 2.75) is 0 Å². The molecule has 0 N–H and O–H groups in total. The number of halogens is 1. The number of hydrogen-bond donors (Lipinski definition) is 0. The number of rotatable bonds is 5. The third-order valence-electron chi connectivity index (χ3n) is 4.14. The number of nitrogens with zero attached hydrogens (tertiary/aromatic N) is 2. The van der Waals surface area contributed by atoms with Gasteiger partial charge in [-0.25, -0.2) is 4.98 Å². The molecule has 0 amide bonds. The van der Waals surface area contributed by atoms with Gasteiger partial charge in [-0.1, -0.05) is 54.1 Å². The van der Waals surface area contributed by atoms with Crippen LogP contribution in [0.2, 0.25) is 5.02 Å². The van der Waals surface area contributed by atoms with Crippen molar-refractivity contribution in [2.24, 2.45) is 0 Å². The SMILES string of the molecule is N#CC(=Cc1cccc(Oc2ccccc2)c1)c1nc(-c2ccc(Cl)cc2)cs1. The Morgan fingerprint density at radius 1 is 0.966 bits per heavy atom. The summed E-state index contributed by atoms with van der Waals surface area (Å²) >= 11 is 7.39. The van der Waals surface area contributed by atoms with Crippen molar-refractivity contribution in [3.8, 4) is 28.8 Å². The van der Waals surface area contributed by atoms with E-state index >= 15 is 0 Å². The molecule has 0 saturated carbocycles. The summed E-state index contributed by atoms with van der Waals surface area (Å²) in [5.41, 5.74) is 3.17. The molecule has 0 atom stereocenters. The number of aromatic nitrogens is 1. The Balaban J connectivity index is 1.59. The molecule has 29 heavy (non-hydrogen) atoms. The fourth-order valence-electron chi connectivity index (χ4n) is 2.75. The fourth-order valence-corrected chi connectivity index (χ4v) is 3.67. The lowest BCUT2D eigenvalue weighted by molar-refractivity contribution is 0.482. The van der Waals surface area contributed by atoms with Crippen LogP contribution in [0.3, 0.4) is 0 Å². The fraction of sp³-hybridized carbons (Fsp3) is 0. The van der Waals surface area contributed by atoms with Crippen LogP contribution in [-0.4, -0.2) is 4.98 Å². The summed E-state index contributed by atoms with van der Waals surface area (Å²) in [7, 11) is 0. The molecule has 0 saturated heterocycles. The third-order valence-corrected chi connectivity index (χ3v) is 5.27. The first-order valence-electron chi connectivity index (χ1n) is 8.88. The molecule has 0 aliphatic rings. The average molecular weight is 415 g/mol. The van der Waals surface area contributed by atoms with E-state index < -0.39 is 0 Å². The van der Waals surface area contributed by atoms with Gasteiger partial charge in [0.2, 0.25) is 0 Å². The zero-order valence-corrected chi connectivity index (χ0v) is 16.8. The minimum Gasteiger partial charge on any atom is -0.457 e. The molecule has 4 rings (SSSR count). The van der Waals surface area contributed by atoms with Crippen molar-refractivity contribution in [1.82, 2.24) is 4.98 Å². The van der Waals surface area contributed by atoms with Crippen LogP contribution >= 0.6 is 22.9 Å². The quantitative estimate of drug-likeness (QED) is 0.321. The summed E-state index contributed by atoms with van der Waals surface area (Å²) in [5.74, 6) is 1.48. The van der Waals surface area contributed by atoms with Gasteiger partial charge in [-0.05, 0) is 48.0 Å². The van der Waals surface area contributed by atoms with Crippen molar-refractivity contribution < 1.29 is 4.74 Å². The third kappa shape index (κ3) is 4.72. The summed E-state index contributed by atoms with van der Waals surface area (Å²) in [6.07, 6.45) is 1.82. The summed E-state index contributed by atoms with van der Waals surface area (Å²) < 4.78 is 5.88. The van der Waals surface area contributed by atoms with Gasteiger partial charge < -0.3 is 4.74 Å². The van der Waals surface area contributed by atoms with Crippen LogP contribution in [0.4, 0.5) is 0 Å². The van der Waals surface area contributed by atoms with Crippen LogP contribution in [0.25, 0.3) is 22.9 Å². The first-order valence-corrected chi connectivity index (χ1v) is 10.1. The summed E-state index contributed by atoms with van der Waals surface area (Å²) in [5, 5.41) is 13.0. The highest BCUT2D eigenvalue weighted by Gasteiger charge is 2.09. The second-order valence-electron chi connectivity index (χ2n) is 6.20. The molecule has 0 spiro atoms. The predicted molar refractivity (Wildman–Crippen MR) is 119 cm³/mol. The molecular formula is C24H15ClN2OS. The maximum absolute atomic E-state index is 9.66. The van der Waals surface area contributed by atoms with Crippen LogP contribution in [0, 0.1) is 11.3 Å². The second kappa shape index (κ2) is 8.74. The van der Waals surface area contributed by atoms with Crippen LogP contribution < -0.4 is 4.74 Å². The number of hydrogen-bond acceptors (Lipinski definition) is 4. The largest absolute Gasteiger partial charge is 0.457 e. The van der Waals surface area contributed by atoms with E-state index in [1.54, 1.807) is 0 Å². The molecule has 140 valence electrons. The minimum atomic E-state index is 0.507. The molecule has 0 aliphatic heterocycles. The van der Waals surface area contributed by atoms with Crippen molar-refractivity contribution in [2.75, 3.05) is 0 Å². The highest BCUT2D eigenvalue weighted by Crippen LogP contribution is 2.29. The Bertz CT molecular complexity index is 1190.